The molecule has 1 amide bonds. The van der Waals surface area contributed by atoms with Crippen molar-refractivity contribution in [2.24, 2.45) is 0 Å². The molecule has 1 unspecified atom stereocenters. The lowest BCUT2D eigenvalue weighted by Gasteiger charge is -2.30. The number of nitrogens with zero attached hydrogens (tertiary/aromatic N) is 4. The second kappa shape index (κ2) is 4.35. The molecule has 2 aliphatic heterocycles. The summed E-state index contributed by atoms with van der Waals surface area (Å²) in [5.41, 5.74) is 5.41. The molecule has 2 saturated heterocycles. The maximum Gasteiger partial charge on any atom is 0.256 e. The summed E-state index contributed by atoms with van der Waals surface area (Å²) in [5, 5.41) is 16.1. The lowest BCUT2D eigenvalue weighted by molar-refractivity contribution is -0.158. The minimum atomic E-state index is -1.31. The second-order valence-corrected chi connectivity index (χ2v) is 5.41. The molecule has 2 aromatic rings. The number of amides is 1. The van der Waals surface area contributed by atoms with Crippen molar-refractivity contribution >= 4 is 22.9 Å². The summed E-state index contributed by atoms with van der Waals surface area (Å²) in [5.74, 6) is -0.0995. The van der Waals surface area contributed by atoms with Gasteiger partial charge in [-0.05, 0) is 0 Å². The van der Waals surface area contributed by atoms with Gasteiger partial charge in [-0.15, -0.1) is 0 Å². The molecule has 4 atom stereocenters. The van der Waals surface area contributed by atoms with Crippen molar-refractivity contribution in [3.8, 4) is 0 Å². The second-order valence-electron chi connectivity index (χ2n) is 5.41. The maximum atomic E-state index is 12.1. The highest BCUT2D eigenvalue weighted by Gasteiger charge is 2.64. The number of nitrogens with one attached hydrogen (secondary N) is 2. The number of nitrogens with two attached hydrogens (primary N) is 1. The molecule has 22 heavy (non-hydrogen) atoms. The number of imidazole rings is 1. The number of aliphatic hydroxyl groups is 1. The number of hydrogen-bond donors (Lipinski definition) is 4. The summed E-state index contributed by atoms with van der Waals surface area (Å²) < 4.78 is 7.55. The van der Waals surface area contributed by atoms with Gasteiger partial charge < -0.3 is 26.2 Å². The maximum absolute atomic E-state index is 12.1. The molecule has 0 radical (unpaired) electrons. The van der Waals surface area contributed by atoms with Crippen molar-refractivity contribution < 1.29 is 14.6 Å². The fourth-order valence-electron chi connectivity index (χ4n) is 3.20. The zero-order valence-electron chi connectivity index (χ0n) is 11.7. The van der Waals surface area contributed by atoms with Gasteiger partial charge in [0.25, 0.3) is 5.91 Å². The summed E-state index contributed by atoms with van der Waals surface area (Å²) in [6.07, 6.45) is 1.28. The molecule has 10 heteroatoms. The van der Waals surface area contributed by atoms with E-state index in [0.717, 1.165) is 0 Å². The highest BCUT2D eigenvalue weighted by Crippen LogP contribution is 2.42. The van der Waals surface area contributed by atoms with Crippen LogP contribution >= 0.6 is 0 Å². The number of nitrogen functional groups attached to an aromatic ring is 1. The van der Waals surface area contributed by atoms with Crippen LogP contribution in [0.4, 0.5) is 5.82 Å². The Bertz CT molecular complexity index is 762. The van der Waals surface area contributed by atoms with Gasteiger partial charge in [0.1, 0.15) is 17.9 Å². The molecule has 116 valence electrons. The van der Waals surface area contributed by atoms with Crippen molar-refractivity contribution in [2.75, 3.05) is 19.3 Å². The predicted molar refractivity (Wildman–Crippen MR) is 74.5 cm³/mol. The van der Waals surface area contributed by atoms with Crippen LogP contribution in [0.2, 0.25) is 0 Å². The van der Waals surface area contributed by atoms with Crippen molar-refractivity contribution in [2.45, 2.75) is 24.0 Å². The van der Waals surface area contributed by atoms with E-state index in [9.17, 15) is 9.90 Å². The van der Waals surface area contributed by atoms with E-state index in [0.29, 0.717) is 11.2 Å². The zero-order chi connectivity index (χ0) is 15.5. The van der Waals surface area contributed by atoms with Gasteiger partial charge in [0.15, 0.2) is 23.3 Å². The number of carbonyl (C=O) groups excluding carboxylic acids is 1. The van der Waals surface area contributed by atoms with Gasteiger partial charge >= 0.3 is 0 Å². The van der Waals surface area contributed by atoms with Crippen LogP contribution in [-0.4, -0.2) is 61.9 Å². The Morgan fingerprint density at radius 2 is 2.41 bits per heavy atom. The molecule has 0 aromatic carbocycles. The molecule has 0 aliphatic carbocycles. The Morgan fingerprint density at radius 1 is 1.59 bits per heavy atom. The molecular weight excluding hydrogens is 290 g/mol. The number of carbonyl (C=O) groups is 1. The molecule has 2 fully saturated rings. The molecule has 2 bridgehead atoms. The normalized spacial score (nSPS) is 33.5. The summed E-state index contributed by atoms with van der Waals surface area (Å²) in [7, 11) is 1.51. The Hall–Kier alpha value is -2.30. The molecule has 2 aromatic heterocycles. The topological polar surface area (TPSA) is 140 Å². The van der Waals surface area contributed by atoms with Crippen LogP contribution in [0, 0.1) is 0 Å². The van der Waals surface area contributed by atoms with Gasteiger partial charge in [0.05, 0.1) is 12.4 Å². The van der Waals surface area contributed by atoms with Gasteiger partial charge in [-0.1, -0.05) is 0 Å². The van der Waals surface area contributed by atoms with Crippen LogP contribution in [0.25, 0.3) is 11.2 Å². The number of fused-ring (bicyclic) bond motifs is 3. The molecule has 4 heterocycles. The molecule has 4 rings (SSSR count). The molecule has 10 nitrogen and oxygen atoms in total. The molecule has 0 spiro atoms. The molecular formula is C12H15N7O3. The van der Waals surface area contributed by atoms with Crippen LogP contribution in [0.15, 0.2) is 12.7 Å². The number of likely N-dealkylation sites (N-methyl/N-ethyl adjacent to an activating group) is 1. The fourth-order valence-corrected chi connectivity index (χ4v) is 3.20. The quantitative estimate of drug-likeness (QED) is 0.488. The highest BCUT2D eigenvalue weighted by atomic mass is 16.6. The van der Waals surface area contributed by atoms with E-state index in [1.54, 1.807) is 4.57 Å². The number of rotatable bonds is 2. The first-order valence-corrected chi connectivity index (χ1v) is 6.83. The number of aromatic nitrogens is 4. The van der Waals surface area contributed by atoms with E-state index in [1.807, 2.05) is 0 Å². The summed E-state index contributed by atoms with van der Waals surface area (Å²) >= 11 is 0. The van der Waals surface area contributed by atoms with Gasteiger partial charge in [-0.25, -0.2) is 15.0 Å². The number of hydrogen-bond acceptors (Lipinski definition) is 8. The van der Waals surface area contributed by atoms with Crippen molar-refractivity contribution in [3.05, 3.63) is 12.7 Å². The smallest absolute Gasteiger partial charge is 0.256 e. The van der Waals surface area contributed by atoms with E-state index in [-0.39, 0.29) is 18.3 Å². The van der Waals surface area contributed by atoms with Crippen LogP contribution in [0.1, 0.15) is 6.23 Å². The molecule has 5 N–H and O–H groups in total. The van der Waals surface area contributed by atoms with Crippen molar-refractivity contribution in [1.29, 1.82) is 0 Å². The first kappa shape index (κ1) is 13.4. The van der Waals surface area contributed by atoms with E-state index in [1.165, 1.54) is 19.7 Å². The minimum Gasteiger partial charge on any atom is -0.388 e. The Labute approximate surface area is 124 Å². The summed E-state index contributed by atoms with van der Waals surface area (Å²) in [6, 6.07) is -0.439. The van der Waals surface area contributed by atoms with Gasteiger partial charge in [-0.2, -0.15) is 0 Å². The summed E-state index contributed by atoms with van der Waals surface area (Å²) in [6.45, 7) is 0.249. The van der Waals surface area contributed by atoms with E-state index < -0.39 is 24.0 Å². The third-order valence-corrected chi connectivity index (χ3v) is 4.33. The number of ether oxygens (including phenoxy) is 1. The van der Waals surface area contributed by atoms with E-state index >= 15 is 0 Å². The number of morpholine rings is 1. The van der Waals surface area contributed by atoms with Crippen LogP contribution < -0.4 is 16.4 Å². The number of anilines is 1. The largest absolute Gasteiger partial charge is 0.388 e. The minimum absolute atomic E-state index is 0.249. The average molecular weight is 305 g/mol. The van der Waals surface area contributed by atoms with Gasteiger partial charge in [0, 0.05) is 13.6 Å². The van der Waals surface area contributed by atoms with E-state index in [4.69, 9.17) is 10.5 Å². The fraction of sp³-hybridized carbons (Fsp3) is 0.500. The molecule has 2 aliphatic rings. The third kappa shape index (κ3) is 1.48. The highest BCUT2D eigenvalue weighted by molar-refractivity contribution is 5.87. The Morgan fingerprint density at radius 3 is 3.18 bits per heavy atom. The monoisotopic (exact) mass is 305 g/mol. The predicted octanol–water partition coefficient (Wildman–Crippen LogP) is -2.25. The van der Waals surface area contributed by atoms with Crippen LogP contribution in [0.3, 0.4) is 0 Å². The summed E-state index contributed by atoms with van der Waals surface area (Å²) in [4.78, 5) is 24.4. The van der Waals surface area contributed by atoms with Crippen molar-refractivity contribution in [3.63, 3.8) is 0 Å². The SMILES string of the molecule is CNC(=O)[C@@]12CN[C@@H](C1O)[C@H](n1cnc3c(N)ncnc31)O2. The Kier molecular flexibility index (Phi) is 2.64. The van der Waals surface area contributed by atoms with Crippen LogP contribution in [0.5, 0.6) is 0 Å². The standard InChI is InChI=1S/C12H15N7O3/c1-14-11(21)12-2-15-5(7(12)20)10(22-12)19-4-18-6-8(13)16-3-17-9(6)19/h3-5,7,10,15,20H,2H2,1H3,(H,14,21)(H2,13,16,17)/t5-,7?,10+,12+/m0/s1. The average Bonchev–Trinajstić information content (AvgIpc) is 3.18. The van der Waals surface area contributed by atoms with E-state index in [2.05, 4.69) is 25.6 Å². The zero-order valence-corrected chi connectivity index (χ0v) is 11.7. The van der Waals surface area contributed by atoms with Crippen molar-refractivity contribution in [1.82, 2.24) is 30.2 Å². The first-order chi connectivity index (χ1) is 10.6. The molecule has 0 saturated carbocycles. The number of aliphatic hydroxyl groups excluding tert-OH is 1. The third-order valence-electron chi connectivity index (χ3n) is 4.33. The van der Waals surface area contributed by atoms with Crippen LogP contribution in [-0.2, 0) is 9.53 Å². The van der Waals surface area contributed by atoms with Gasteiger partial charge in [0.2, 0.25) is 0 Å². The lowest BCUT2D eigenvalue weighted by atomic mass is 9.98. The lowest BCUT2D eigenvalue weighted by Crippen LogP contribution is -2.54. The van der Waals surface area contributed by atoms with Gasteiger partial charge in [-0.3, -0.25) is 9.36 Å². The first-order valence-electron chi connectivity index (χ1n) is 6.83. The Balaban J connectivity index is 1.78.